The molecule has 26 heavy (non-hydrogen) atoms. The SMILES string of the molecule is Nc1ccc(Nc2ccc3cc4c(ccc5ccccc54)cc3c2)cc1. The van der Waals surface area contributed by atoms with Gasteiger partial charge in [-0.15, -0.1) is 0 Å². The van der Waals surface area contributed by atoms with Gasteiger partial charge in [0.05, 0.1) is 0 Å². The van der Waals surface area contributed by atoms with E-state index >= 15 is 0 Å². The van der Waals surface area contributed by atoms with Crippen molar-refractivity contribution in [2.45, 2.75) is 0 Å². The van der Waals surface area contributed by atoms with E-state index in [-0.39, 0.29) is 0 Å². The van der Waals surface area contributed by atoms with Gasteiger partial charge in [0.1, 0.15) is 0 Å². The molecule has 0 aliphatic heterocycles. The Bertz CT molecular complexity index is 1250. The number of anilines is 3. The molecule has 0 atom stereocenters. The lowest BCUT2D eigenvalue weighted by Crippen LogP contribution is -1.91. The van der Waals surface area contributed by atoms with Crippen molar-refractivity contribution < 1.29 is 0 Å². The number of benzene rings is 5. The van der Waals surface area contributed by atoms with Crippen molar-refractivity contribution in [3.63, 3.8) is 0 Å². The van der Waals surface area contributed by atoms with Crippen LogP contribution in [0, 0.1) is 0 Å². The standard InChI is InChI=1S/C24H18N2/c25-20-8-11-21(12-9-20)26-22-10-7-17-15-24-18(13-19(17)14-22)6-5-16-3-1-2-4-23(16)24/h1-15,26H,25H2. The first-order valence-electron chi connectivity index (χ1n) is 8.74. The molecule has 2 nitrogen and oxygen atoms in total. The first-order chi connectivity index (χ1) is 12.8. The minimum Gasteiger partial charge on any atom is -0.399 e. The monoisotopic (exact) mass is 334 g/mol. The fourth-order valence-corrected chi connectivity index (χ4v) is 3.56. The normalized spacial score (nSPS) is 11.2. The van der Waals surface area contributed by atoms with E-state index in [0.717, 1.165) is 17.1 Å². The lowest BCUT2D eigenvalue weighted by atomic mass is 9.98. The zero-order valence-corrected chi connectivity index (χ0v) is 14.2. The number of nitrogen functional groups attached to an aromatic ring is 1. The highest BCUT2D eigenvalue weighted by Crippen LogP contribution is 2.31. The molecule has 0 aliphatic rings. The summed E-state index contributed by atoms with van der Waals surface area (Å²) in [5, 5.41) is 11.1. The zero-order valence-electron chi connectivity index (χ0n) is 14.2. The van der Waals surface area contributed by atoms with E-state index in [0.29, 0.717) is 0 Å². The molecule has 0 heterocycles. The van der Waals surface area contributed by atoms with E-state index in [9.17, 15) is 0 Å². The quantitative estimate of drug-likeness (QED) is 0.220. The van der Waals surface area contributed by atoms with Crippen molar-refractivity contribution in [2.24, 2.45) is 0 Å². The molecule has 0 radical (unpaired) electrons. The molecule has 5 aromatic rings. The number of hydrogen-bond donors (Lipinski definition) is 2. The predicted octanol–water partition coefficient (Wildman–Crippen LogP) is 6.47. The molecule has 0 aromatic heterocycles. The number of nitrogens with two attached hydrogens (primary N) is 1. The van der Waals surface area contributed by atoms with Crippen LogP contribution in [0.5, 0.6) is 0 Å². The minimum absolute atomic E-state index is 0.771. The third-order valence-corrected chi connectivity index (χ3v) is 4.90. The van der Waals surface area contributed by atoms with Crippen LogP contribution in [0.2, 0.25) is 0 Å². The maximum Gasteiger partial charge on any atom is 0.0390 e. The van der Waals surface area contributed by atoms with Crippen LogP contribution in [0.4, 0.5) is 17.1 Å². The molecule has 124 valence electrons. The maximum atomic E-state index is 5.76. The van der Waals surface area contributed by atoms with Gasteiger partial charge in [-0.1, -0.05) is 42.5 Å². The Balaban J connectivity index is 1.63. The van der Waals surface area contributed by atoms with Crippen LogP contribution in [-0.2, 0) is 0 Å². The van der Waals surface area contributed by atoms with Crippen molar-refractivity contribution in [1.29, 1.82) is 0 Å². The van der Waals surface area contributed by atoms with Crippen LogP contribution < -0.4 is 11.1 Å². The zero-order chi connectivity index (χ0) is 17.5. The molecule has 0 fully saturated rings. The molecule has 0 aliphatic carbocycles. The van der Waals surface area contributed by atoms with Crippen molar-refractivity contribution in [3.8, 4) is 0 Å². The second-order valence-electron chi connectivity index (χ2n) is 6.67. The van der Waals surface area contributed by atoms with Crippen LogP contribution in [-0.4, -0.2) is 0 Å². The Morgan fingerprint density at radius 2 is 1.23 bits per heavy atom. The van der Waals surface area contributed by atoms with E-state index < -0.39 is 0 Å². The summed E-state index contributed by atoms with van der Waals surface area (Å²) in [4.78, 5) is 0. The van der Waals surface area contributed by atoms with Crippen molar-refractivity contribution in [3.05, 3.63) is 91.0 Å². The highest BCUT2D eigenvalue weighted by Gasteiger charge is 2.04. The number of fused-ring (bicyclic) bond motifs is 4. The van der Waals surface area contributed by atoms with Gasteiger partial charge in [-0.05, 0) is 80.8 Å². The van der Waals surface area contributed by atoms with Gasteiger partial charge in [0.15, 0.2) is 0 Å². The van der Waals surface area contributed by atoms with Crippen LogP contribution in [0.3, 0.4) is 0 Å². The third kappa shape index (κ3) is 2.52. The van der Waals surface area contributed by atoms with Crippen LogP contribution in [0.1, 0.15) is 0 Å². The molecule has 0 amide bonds. The van der Waals surface area contributed by atoms with E-state index in [1.54, 1.807) is 0 Å². The summed E-state index contributed by atoms with van der Waals surface area (Å²) in [5.41, 5.74) is 8.63. The molecule has 0 saturated heterocycles. The number of rotatable bonds is 2. The summed E-state index contributed by atoms with van der Waals surface area (Å²) in [5.74, 6) is 0. The molecule has 0 bridgehead atoms. The van der Waals surface area contributed by atoms with Gasteiger partial charge < -0.3 is 11.1 Å². The minimum atomic E-state index is 0.771. The summed E-state index contributed by atoms with van der Waals surface area (Å²) in [7, 11) is 0. The van der Waals surface area contributed by atoms with E-state index in [2.05, 4.69) is 72.0 Å². The summed E-state index contributed by atoms with van der Waals surface area (Å²) in [6.07, 6.45) is 0. The second-order valence-corrected chi connectivity index (χ2v) is 6.67. The first-order valence-corrected chi connectivity index (χ1v) is 8.74. The Kier molecular flexibility index (Phi) is 3.29. The molecule has 0 unspecified atom stereocenters. The summed E-state index contributed by atoms with van der Waals surface area (Å²) in [6, 6.07) is 31.8. The smallest absolute Gasteiger partial charge is 0.0390 e. The maximum absolute atomic E-state index is 5.76. The highest BCUT2D eigenvalue weighted by molar-refractivity contribution is 6.12. The molecule has 0 spiro atoms. The summed E-state index contributed by atoms with van der Waals surface area (Å²) < 4.78 is 0. The second kappa shape index (κ2) is 5.78. The largest absolute Gasteiger partial charge is 0.399 e. The predicted molar refractivity (Wildman–Crippen MR) is 113 cm³/mol. The van der Waals surface area contributed by atoms with Crippen LogP contribution in [0.25, 0.3) is 32.3 Å². The fraction of sp³-hybridized carbons (Fsp3) is 0. The lowest BCUT2D eigenvalue weighted by Gasteiger charge is -2.10. The molecule has 5 rings (SSSR count). The van der Waals surface area contributed by atoms with Crippen LogP contribution in [0.15, 0.2) is 91.0 Å². The van der Waals surface area contributed by atoms with Gasteiger partial charge in [-0.2, -0.15) is 0 Å². The van der Waals surface area contributed by atoms with Crippen molar-refractivity contribution in [1.82, 2.24) is 0 Å². The highest BCUT2D eigenvalue weighted by atomic mass is 14.9. The van der Waals surface area contributed by atoms with Gasteiger partial charge in [-0.25, -0.2) is 0 Å². The Hall–Kier alpha value is -3.52. The van der Waals surface area contributed by atoms with E-state index in [1.807, 2.05) is 24.3 Å². The van der Waals surface area contributed by atoms with Crippen molar-refractivity contribution >= 4 is 49.4 Å². The number of nitrogens with one attached hydrogen (secondary N) is 1. The van der Waals surface area contributed by atoms with Gasteiger partial charge in [0, 0.05) is 17.1 Å². The van der Waals surface area contributed by atoms with E-state index in [4.69, 9.17) is 5.73 Å². The van der Waals surface area contributed by atoms with Crippen molar-refractivity contribution in [2.75, 3.05) is 11.1 Å². The number of hydrogen-bond acceptors (Lipinski definition) is 2. The van der Waals surface area contributed by atoms with Gasteiger partial charge in [-0.3, -0.25) is 0 Å². The fourth-order valence-electron chi connectivity index (χ4n) is 3.56. The lowest BCUT2D eigenvalue weighted by molar-refractivity contribution is 1.57. The molecule has 2 heteroatoms. The third-order valence-electron chi connectivity index (χ3n) is 4.90. The summed E-state index contributed by atoms with van der Waals surface area (Å²) >= 11 is 0. The Morgan fingerprint density at radius 1 is 0.500 bits per heavy atom. The molecular weight excluding hydrogens is 316 g/mol. The van der Waals surface area contributed by atoms with Gasteiger partial charge >= 0.3 is 0 Å². The Morgan fingerprint density at radius 3 is 2.12 bits per heavy atom. The van der Waals surface area contributed by atoms with E-state index in [1.165, 1.54) is 32.3 Å². The molecular formula is C24H18N2. The first kappa shape index (κ1) is 14.8. The molecule has 5 aromatic carbocycles. The van der Waals surface area contributed by atoms with Gasteiger partial charge in [0.25, 0.3) is 0 Å². The van der Waals surface area contributed by atoms with Crippen LogP contribution >= 0.6 is 0 Å². The molecule has 0 saturated carbocycles. The summed E-state index contributed by atoms with van der Waals surface area (Å²) in [6.45, 7) is 0. The average molecular weight is 334 g/mol. The average Bonchev–Trinajstić information content (AvgIpc) is 2.68. The molecule has 3 N–H and O–H groups in total. The Labute approximate surface area is 151 Å². The topological polar surface area (TPSA) is 38.0 Å². The van der Waals surface area contributed by atoms with Gasteiger partial charge in [0.2, 0.25) is 0 Å².